The molecule has 0 spiro atoms. The highest BCUT2D eigenvalue weighted by molar-refractivity contribution is 7.89. The topological polar surface area (TPSA) is 100 Å². The van der Waals surface area contributed by atoms with Crippen LogP contribution in [0.4, 0.5) is 0 Å². The minimum atomic E-state index is -3.65. The summed E-state index contributed by atoms with van der Waals surface area (Å²) in [5, 5.41) is 12.3. The van der Waals surface area contributed by atoms with Gasteiger partial charge in [0.15, 0.2) is 0 Å². The average molecular weight is 315 g/mol. The van der Waals surface area contributed by atoms with Gasteiger partial charge in [-0.2, -0.15) is 0 Å². The molecule has 1 heterocycles. The van der Waals surface area contributed by atoms with Crippen molar-refractivity contribution in [1.82, 2.24) is 14.6 Å². The van der Waals surface area contributed by atoms with Crippen LogP contribution in [0.2, 0.25) is 0 Å². The fraction of sp³-hybridized carbons (Fsp3) is 0.615. The molecular weight excluding hydrogens is 294 g/mol. The Bertz CT molecular complexity index is 605. The number of carboxylic acid groups (broad SMARTS) is 1. The summed E-state index contributed by atoms with van der Waals surface area (Å²) in [7, 11) is -3.65. The van der Waals surface area contributed by atoms with Crippen molar-refractivity contribution in [2.45, 2.75) is 37.1 Å². The molecule has 1 fully saturated rings. The third-order valence-electron chi connectivity index (χ3n) is 3.37. The molecule has 0 atom stereocenters. The van der Waals surface area contributed by atoms with E-state index in [1.807, 2.05) is 6.92 Å². The molecule has 7 nitrogen and oxygen atoms in total. The van der Waals surface area contributed by atoms with Gasteiger partial charge in [0, 0.05) is 18.8 Å². The van der Waals surface area contributed by atoms with Crippen molar-refractivity contribution in [3.05, 3.63) is 18.0 Å². The smallest absolute Gasteiger partial charge is 0.352 e. The molecule has 0 aliphatic heterocycles. The van der Waals surface area contributed by atoms with Gasteiger partial charge in [-0.05, 0) is 38.4 Å². The molecule has 0 saturated heterocycles. The van der Waals surface area contributed by atoms with Gasteiger partial charge in [0.05, 0.1) is 0 Å². The van der Waals surface area contributed by atoms with Gasteiger partial charge in [-0.1, -0.05) is 6.92 Å². The molecule has 1 aliphatic rings. The van der Waals surface area contributed by atoms with Crippen LogP contribution in [0, 0.1) is 0 Å². The maximum atomic E-state index is 12.2. The van der Waals surface area contributed by atoms with Crippen LogP contribution >= 0.6 is 0 Å². The number of carbonyl (C=O) groups is 1. The Labute approximate surface area is 124 Å². The number of sulfonamides is 1. The van der Waals surface area contributed by atoms with Crippen LogP contribution in [0.15, 0.2) is 17.2 Å². The van der Waals surface area contributed by atoms with Crippen LogP contribution in [0.1, 0.15) is 42.7 Å². The van der Waals surface area contributed by atoms with Gasteiger partial charge >= 0.3 is 5.97 Å². The first-order valence-electron chi connectivity index (χ1n) is 7.11. The van der Waals surface area contributed by atoms with E-state index in [4.69, 9.17) is 5.11 Å². The number of aromatic nitrogens is 1. The molecule has 118 valence electrons. The zero-order valence-corrected chi connectivity index (χ0v) is 12.8. The maximum absolute atomic E-state index is 12.2. The molecule has 0 amide bonds. The van der Waals surface area contributed by atoms with E-state index in [0.29, 0.717) is 13.0 Å². The first kappa shape index (κ1) is 16.0. The number of hydrogen-bond acceptors (Lipinski definition) is 4. The molecule has 0 aromatic carbocycles. The van der Waals surface area contributed by atoms with Crippen molar-refractivity contribution in [2.24, 2.45) is 0 Å². The van der Waals surface area contributed by atoms with E-state index in [2.05, 4.69) is 10.0 Å². The van der Waals surface area contributed by atoms with E-state index >= 15 is 0 Å². The molecule has 3 N–H and O–H groups in total. The molecule has 0 radical (unpaired) electrons. The summed E-state index contributed by atoms with van der Waals surface area (Å²) in [6, 6.07) is 1.35. The third kappa shape index (κ3) is 4.05. The van der Waals surface area contributed by atoms with Crippen molar-refractivity contribution in [2.75, 3.05) is 19.6 Å². The Hall–Kier alpha value is -1.38. The molecule has 2 rings (SSSR count). The lowest BCUT2D eigenvalue weighted by molar-refractivity contribution is 0.0685. The summed E-state index contributed by atoms with van der Waals surface area (Å²) in [5.74, 6) is -1.10. The molecule has 21 heavy (non-hydrogen) atoms. The fourth-order valence-electron chi connectivity index (χ4n) is 2.11. The largest absolute Gasteiger partial charge is 0.477 e. The molecule has 0 bridgehead atoms. The second-order valence-electron chi connectivity index (χ2n) is 5.11. The minimum absolute atomic E-state index is 0.0234. The minimum Gasteiger partial charge on any atom is -0.477 e. The average Bonchev–Trinajstić information content (AvgIpc) is 3.16. The number of rotatable bonds is 9. The number of nitrogens with one attached hydrogen (secondary N) is 2. The van der Waals surface area contributed by atoms with Gasteiger partial charge in [0.2, 0.25) is 10.0 Å². The normalized spacial score (nSPS) is 15.3. The fourth-order valence-corrected chi connectivity index (χ4v) is 3.21. The molecule has 1 aliphatic carbocycles. The molecule has 1 saturated carbocycles. The predicted molar refractivity (Wildman–Crippen MR) is 78.0 cm³/mol. The summed E-state index contributed by atoms with van der Waals surface area (Å²) >= 11 is 0. The summed E-state index contributed by atoms with van der Waals surface area (Å²) < 4.78 is 28.4. The standard InChI is InChI=1S/C13H21N3O4S/c1-2-14-6-3-7-15-21(19,20)11-8-12(13(17)18)16(9-11)10-4-5-10/h8-10,14-15H,2-7H2,1H3,(H,17,18). The summed E-state index contributed by atoms with van der Waals surface area (Å²) in [5.41, 5.74) is 0.0329. The van der Waals surface area contributed by atoms with Crippen LogP contribution < -0.4 is 10.0 Å². The number of hydrogen-bond donors (Lipinski definition) is 3. The van der Waals surface area contributed by atoms with Crippen molar-refractivity contribution in [3.8, 4) is 0 Å². The zero-order chi connectivity index (χ0) is 15.5. The molecule has 1 aromatic rings. The van der Waals surface area contributed by atoms with E-state index in [1.165, 1.54) is 12.3 Å². The lowest BCUT2D eigenvalue weighted by Crippen LogP contribution is -2.27. The van der Waals surface area contributed by atoms with Gasteiger partial charge in [0.25, 0.3) is 0 Å². The highest BCUT2D eigenvalue weighted by Crippen LogP contribution is 2.37. The number of nitrogens with zero attached hydrogens (tertiary/aromatic N) is 1. The molecule has 0 unspecified atom stereocenters. The van der Waals surface area contributed by atoms with Crippen LogP contribution in [-0.4, -0.2) is 43.7 Å². The van der Waals surface area contributed by atoms with Gasteiger partial charge < -0.3 is 15.0 Å². The SMILES string of the molecule is CCNCCCNS(=O)(=O)c1cc(C(=O)O)n(C2CC2)c1. The predicted octanol–water partition coefficient (Wildman–Crippen LogP) is 0.799. The quantitative estimate of drug-likeness (QED) is 0.585. The van der Waals surface area contributed by atoms with Gasteiger partial charge in [-0.15, -0.1) is 0 Å². The second kappa shape index (κ2) is 6.59. The Morgan fingerprint density at radius 3 is 2.71 bits per heavy atom. The van der Waals surface area contributed by atoms with Crippen LogP contribution in [0.5, 0.6) is 0 Å². The van der Waals surface area contributed by atoms with Crippen molar-refractivity contribution < 1.29 is 18.3 Å². The second-order valence-corrected chi connectivity index (χ2v) is 6.88. The molecular formula is C13H21N3O4S. The van der Waals surface area contributed by atoms with E-state index in [1.54, 1.807) is 4.57 Å². The van der Waals surface area contributed by atoms with Gasteiger partial charge in [-0.3, -0.25) is 0 Å². The number of aromatic carboxylic acids is 1. The van der Waals surface area contributed by atoms with E-state index < -0.39 is 16.0 Å². The first-order valence-corrected chi connectivity index (χ1v) is 8.59. The third-order valence-corrected chi connectivity index (χ3v) is 4.79. The van der Waals surface area contributed by atoms with E-state index in [-0.39, 0.29) is 16.6 Å². The molecule has 1 aromatic heterocycles. The first-order chi connectivity index (χ1) is 9.95. The summed E-state index contributed by atoms with van der Waals surface area (Å²) in [6.07, 6.45) is 3.89. The van der Waals surface area contributed by atoms with Gasteiger partial charge in [-0.25, -0.2) is 17.9 Å². The number of carboxylic acids is 1. The Morgan fingerprint density at radius 1 is 1.43 bits per heavy atom. The molecule has 8 heteroatoms. The monoisotopic (exact) mass is 315 g/mol. The highest BCUT2D eigenvalue weighted by atomic mass is 32.2. The summed E-state index contributed by atoms with van der Waals surface area (Å²) in [4.78, 5) is 11.2. The Balaban J connectivity index is 2.05. The lowest BCUT2D eigenvalue weighted by atomic mass is 10.4. The van der Waals surface area contributed by atoms with Crippen LogP contribution in [0.3, 0.4) is 0 Å². The highest BCUT2D eigenvalue weighted by Gasteiger charge is 2.30. The van der Waals surface area contributed by atoms with E-state index in [0.717, 1.165) is 25.9 Å². The van der Waals surface area contributed by atoms with Crippen molar-refractivity contribution in [3.63, 3.8) is 0 Å². The maximum Gasteiger partial charge on any atom is 0.352 e. The van der Waals surface area contributed by atoms with Crippen molar-refractivity contribution >= 4 is 16.0 Å². The Kier molecular flexibility index (Phi) is 5.02. The lowest BCUT2D eigenvalue weighted by Gasteiger charge is -2.05. The zero-order valence-electron chi connectivity index (χ0n) is 12.0. The van der Waals surface area contributed by atoms with Crippen LogP contribution in [0.25, 0.3) is 0 Å². The summed E-state index contributed by atoms with van der Waals surface area (Å²) in [6.45, 7) is 3.89. The van der Waals surface area contributed by atoms with Gasteiger partial charge in [0.1, 0.15) is 10.6 Å². The Morgan fingerprint density at radius 2 is 2.14 bits per heavy atom. The van der Waals surface area contributed by atoms with E-state index in [9.17, 15) is 13.2 Å². The van der Waals surface area contributed by atoms with Crippen molar-refractivity contribution in [1.29, 1.82) is 0 Å². The van der Waals surface area contributed by atoms with Crippen LogP contribution in [-0.2, 0) is 10.0 Å².